The molecule has 0 amide bonds. The quantitative estimate of drug-likeness (QED) is 0.792. The second-order valence-electron chi connectivity index (χ2n) is 4.10. The van der Waals surface area contributed by atoms with Gasteiger partial charge in [-0.25, -0.2) is 0 Å². The molecule has 0 aliphatic rings. The highest BCUT2D eigenvalue weighted by Gasteiger charge is 2.12. The summed E-state index contributed by atoms with van der Waals surface area (Å²) in [5.41, 5.74) is 6.73. The molecule has 1 unspecified atom stereocenters. The Morgan fingerprint density at radius 3 is 2.65 bits per heavy atom. The van der Waals surface area contributed by atoms with Crippen LogP contribution >= 0.6 is 0 Å². The summed E-state index contributed by atoms with van der Waals surface area (Å²) in [7, 11) is 0. The van der Waals surface area contributed by atoms with E-state index in [0.717, 1.165) is 29.9 Å². The molecule has 1 aromatic rings. The Morgan fingerprint density at radius 1 is 1.29 bits per heavy atom. The van der Waals surface area contributed by atoms with Crippen LogP contribution in [0.4, 0.5) is 0 Å². The van der Waals surface area contributed by atoms with Gasteiger partial charge in [0, 0.05) is 12.1 Å². The molecule has 3 nitrogen and oxygen atoms in total. The lowest BCUT2D eigenvalue weighted by Crippen LogP contribution is -2.14. The molecular formula is C14H23NO2. The third-order valence-electron chi connectivity index (χ3n) is 2.59. The lowest BCUT2D eigenvalue weighted by atomic mass is 10.1. The molecule has 0 aliphatic heterocycles. The van der Waals surface area contributed by atoms with Gasteiger partial charge in [0.15, 0.2) is 11.5 Å². The van der Waals surface area contributed by atoms with Crippen LogP contribution in [0.1, 0.15) is 39.2 Å². The van der Waals surface area contributed by atoms with Gasteiger partial charge in [-0.1, -0.05) is 25.5 Å². The number of nitrogens with two attached hydrogens (primary N) is 1. The molecule has 17 heavy (non-hydrogen) atoms. The average Bonchev–Trinajstić information content (AvgIpc) is 2.32. The van der Waals surface area contributed by atoms with Gasteiger partial charge >= 0.3 is 0 Å². The second kappa shape index (κ2) is 7.17. The summed E-state index contributed by atoms with van der Waals surface area (Å²) >= 11 is 0. The van der Waals surface area contributed by atoms with Crippen LogP contribution in [0.25, 0.3) is 0 Å². The fourth-order valence-electron chi connectivity index (χ4n) is 1.79. The van der Waals surface area contributed by atoms with Crippen LogP contribution in [0, 0.1) is 0 Å². The fraction of sp³-hybridized carbons (Fsp3) is 0.571. The van der Waals surface area contributed by atoms with Gasteiger partial charge in [-0.3, -0.25) is 0 Å². The van der Waals surface area contributed by atoms with E-state index in [9.17, 15) is 0 Å². The lowest BCUT2D eigenvalue weighted by molar-refractivity contribution is 0.195. The SMILES string of the molecule is CCCC(C)Oc1c(CN)cccc1OCC. The van der Waals surface area contributed by atoms with Gasteiger partial charge in [0.05, 0.1) is 12.7 Å². The van der Waals surface area contributed by atoms with Crippen LogP contribution in [0.2, 0.25) is 0 Å². The van der Waals surface area contributed by atoms with E-state index in [1.54, 1.807) is 0 Å². The maximum atomic E-state index is 5.96. The van der Waals surface area contributed by atoms with E-state index >= 15 is 0 Å². The largest absolute Gasteiger partial charge is 0.490 e. The Hall–Kier alpha value is -1.22. The van der Waals surface area contributed by atoms with Crippen molar-refractivity contribution in [3.05, 3.63) is 23.8 Å². The Kier molecular flexibility index (Phi) is 5.84. The summed E-state index contributed by atoms with van der Waals surface area (Å²) < 4.78 is 11.5. The van der Waals surface area contributed by atoms with Gasteiger partial charge < -0.3 is 15.2 Å². The highest BCUT2D eigenvalue weighted by atomic mass is 16.5. The number of hydrogen-bond donors (Lipinski definition) is 1. The molecular weight excluding hydrogens is 214 g/mol. The first-order valence-corrected chi connectivity index (χ1v) is 6.34. The minimum atomic E-state index is 0.187. The van der Waals surface area contributed by atoms with Crippen molar-refractivity contribution in [2.75, 3.05) is 6.61 Å². The smallest absolute Gasteiger partial charge is 0.166 e. The van der Waals surface area contributed by atoms with Crippen LogP contribution in [-0.4, -0.2) is 12.7 Å². The molecule has 0 bridgehead atoms. The van der Waals surface area contributed by atoms with Gasteiger partial charge in [0.25, 0.3) is 0 Å². The summed E-state index contributed by atoms with van der Waals surface area (Å²) in [5.74, 6) is 1.59. The standard InChI is InChI=1S/C14H23NO2/c1-4-7-11(3)17-14-12(10-15)8-6-9-13(14)16-5-2/h6,8-9,11H,4-5,7,10,15H2,1-3H3. The lowest BCUT2D eigenvalue weighted by Gasteiger charge is -2.19. The van der Waals surface area contributed by atoms with Gasteiger partial charge in [-0.05, 0) is 26.3 Å². The number of para-hydroxylation sites is 1. The molecule has 1 atom stereocenters. The highest BCUT2D eigenvalue weighted by molar-refractivity contribution is 5.46. The average molecular weight is 237 g/mol. The molecule has 96 valence electrons. The number of rotatable bonds is 7. The number of hydrogen-bond acceptors (Lipinski definition) is 3. The summed E-state index contributed by atoms with van der Waals surface area (Å²) in [4.78, 5) is 0. The van der Waals surface area contributed by atoms with E-state index in [4.69, 9.17) is 15.2 Å². The molecule has 0 radical (unpaired) electrons. The van der Waals surface area contributed by atoms with Gasteiger partial charge in [-0.15, -0.1) is 0 Å². The first kappa shape index (κ1) is 13.8. The van der Waals surface area contributed by atoms with Crippen molar-refractivity contribution >= 4 is 0 Å². The fourth-order valence-corrected chi connectivity index (χ4v) is 1.79. The monoisotopic (exact) mass is 237 g/mol. The van der Waals surface area contributed by atoms with E-state index in [2.05, 4.69) is 13.8 Å². The third kappa shape index (κ3) is 3.93. The van der Waals surface area contributed by atoms with Crippen LogP contribution in [0.5, 0.6) is 11.5 Å². The Bertz CT molecular complexity index is 339. The zero-order valence-corrected chi connectivity index (χ0v) is 11.0. The minimum Gasteiger partial charge on any atom is -0.490 e. The molecule has 0 saturated heterocycles. The molecule has 1 rings (SSSR count). The summed E-state index contributed by atoms with van der Waals surface area (Å²) in [6.07, 6.45) is 2.33. The van der Waals surface area contributed by atoms with Crippen LogP contribution in [-0.2, 0) is 6.54 Å². The zero-order chi connectivity index (χ0) is 12.7. The van der Waals surface area contributed by atoms with Crippen molar-refractivity contribution in [2.45, 2.75) is 46.3 Å². The van der Waals surface area contributed by atoms with E-state index < -0.39 is 0 Å². The normalized spacial score (nSPS) is 12.2. The Balaban J connectivity index is 2.91. The molecule has 2 N–H and O–H groups in total. The first-order valence-electron chi connectivity index (χ1n) is 6.34. The van der Waals surface area contributed by atoms with Crippen molar-refractivity contribution in [1.82, 2.24) is 0 Å². The summed E-state index contributed by atoms with van der Waals surface area (Å²) in [6.45, 7) is 7.29. The highest BCUT2D eigenvalue weighted by Crippen LogP contribution is 2.32. The molecule has 0 heterocycles. The van der Waals surface area contributed by atoms with Crippen molar-refractivity contribution in [3.63, 3.8) is 0 Å². The van der Waals surface area contributed by atoms with Crippen molar-refractivity contribution < 1.29 is 9.47 Å². The topological polar surface area (TPSA) is 44.5 Å². The van der Waals surface area contributed by atoms with E-state index in [0.29, 0.717) is 13.2 Å². The van der Waals surface area contributed by atoms with Crippen LogP contribution < -0.4 is 15.2 Å². The molecule has 0 aromatic heterocycles. The van der Waals surface area contributed by atoms with Crippen molar-refractivity contribution in [3.8, 4) is 11.5 Å². The van der Waals surface area contributed by atoms with E-state index in [1.807, 2.05) is 25.1 Å². The zero-order valence-electron chi connectivity index (χ0n) is 11.0. The van der Waals surface area contributed by atoms with Crippen LogP contribution in [0.3, 0.4) is 0 Å². The molecule has 0 aliphatic carbocycles. The molecule has 3 heteroatoms. The predicted octanol–water partition coefficient (Wildman–Crippen LogP) is 3.11. The van der Waals surface area contributed by atoms with Crippen molar-refractivity contribution in [2.24, 2.45) is 5.73 Å². The Morgan fingerprint density at radius 2 is 2.06 bits per heavy atom. The van der Waals surface area contributed by atoms with Gasteiger partial charge in [0.1, 0.15) is 0 Å². The van der Waals surface area contributed by atoms with E-state index in [1.165, 1.54) is 0 Å². The summed E-state index contributed by atoms with van der Waals surface area (Å²) in [6, 6.07) is 5.86. The number of benzene rings is 1. The molecule has 0 fully saturated rings. The summed E-state index contributed by atoms with van der Waals surface area (Å²) in [5, 5.41) is 0. The molecule has 1 aromatic carbocycles. The van der Waals surface area contributed by atoms with Gasteiger partial charge in [-0.2, -0.15) is 0 Å². The molecule has 0 spiro atoms. The Labute approximate surface area is 104 Å². The van der Waals surface area contributed by atoms with Crippen molar-refractivity contribution in [1.29, 1.82) is 0 Å². The van der Waals surface area contributed by atoms with Crippen LogP contribution in [0.15, 0.2) is 18.2 Å². The van der Waals surface area contributed by atoms with Gasteiger partial charge in [0.2, 0.25) is 0 Å². The number of ether oxygens (including phenoxy) is 2. The first-order chi connectivity index (χ1) is 8.22. The third-order valence-corrected chi connectivity index (χ3v) is 2.59. The molecule has 0 saturated carbocycles. The van der Waals surface area contributed by atoms with E-state index in [-0.39, 0.29) is 6.10 Å². The predicted molar refractivity (Wildman–Crippen MR) is 70.5 cm³/mol. The minimum absolute atomic E-state index is 0.187. The maximum absolute atomic E-state index is 5.96. The second-order valence-corrected chi connectivity index (χ2v) is 4.10. The maximum Gasteiger partial charge on any atom is 0.166 e.